The van der Waals surface area contributed by atoms with Crippen molar-refractivity contribution >= 4 is 17.9 Å². The Morgan fingerprint density at radius 1 is 1.21 bits per heavy atom. The van der Waals surface area contributed by atoms with Gasteiger partial charge in [-0.15, -0.1) is 0 Å². The highest BCUT2D eigenvalue weighted by molar-refractivity contribution is 6.07. The van der Waals surface area contributed by atoms with Gasteiger partial charge in [0.2, 0.25) is 5.95 Å². The third-order valence-corrected chi connectivity index (χ3v) is 5.81. The molecule has 160 valence electrons. The summed E-state index contributed by atoms with van der Waals surface area (Å²) in [7, 11) is 1.66. The molecule has 8 heteroatoms. The quantitative estimate of drug-likeness (QED) is 0.490. The lowest BCUT2D eigenvalue weighted by molar-refractivity contribution is -0.134. The number of aromatic nitrogens is 2. The number of nitrogens with zero attached hydrogens (tertiary/aromatic N) is 5. The lowest BCUT2D eigenvalue weighted by Gasteiger charge is -2.42. The lowest BCUT2D eigenvalue weighted by atomic mass is 9.85. The molecular formula is C21H33N5O3. The number of piperidine rings is 1. The number of carbonyl (C=O) groups excluding carboxylic acids is 2. The smallest absolute Gasteiger partial charge is 0.327 e. The first kappa shape index (κ1) is 21.5. The molecule has 3 rings (SSSR count). The number of methoxy groups -OCH3 is 1. The molecule has 1 aromatic rings. The summed E-state index contributed by atoms with van der Waals surface area (Å²) in [6.07, 6.45) is 4.58. The van der Waals surface area contributed by atoms with E-state index in [-0.39, 0.29) is 11.9 Å². The van der Waals surface area contributed by atoms with E-state index >= 15 is 0 Å². The van der Waals surface area contributed by atoms with Crippen molar-refractivity contribution in [2.45, 2.75) is 52.0 Å². The fraction of sp³-hybridized carbons (Fsp3) is 0.714. The summed E-state index contributed by atoms with van der Waals surface area (Å²) >= 11 is 0. The molecule has 2 aliphatic heterocycles. The Morgan fingerprint density at radius 2 is 1.93 bits per heavy atom. The summed E-state index contributed by atoms with van der Waals surface area (Å²) in [6, 6.07) is 1.74. The third kappa shape index (κ3) is 4.37. The van der Waals surface area contributed by atoms with Gasteiger partial charge in [-0.2, -0.15) is 0 Å². The Kier molecular flexibility index (Phi) is 6.72. The van der Waals surface area contributed by atoms with Gasteiger partial charge in [-0.3, -0.25) is 9.69 Å². The Morgan fingerprint density at radius 3 is 2.55 bits per heavy atom. The minimum atomic E-state index is -0.733. The van der Waals surface area contributed by atoms with Crippen molar-refractivity contribution in [2.75, 3.05) is 44.8 Å². The maximum atomic E-state index is 13.4. The Hall–Kier alpha value is -2.22. The zero-order chi connectivity index (χ0) is 21.0. The van der Waals surface area contributed by atoms with Crippen LogP contribution in [0.1, 0.15) is 45.2 Å². The van der Waals surface area contributed by atoms with Crippen molar-refractivity contribution in [3.05, 3.63) is 18.0 Å². The molecule has 0 N–H and O–H groups in total. The zero-order valence-electron chi connectivity index (χ0n) is 18.1. The van der Waals surface area contributed by atoms with Crippen LogP contribution in [-0.2, 0) is 9.53 Å². The molecule has 3 amide bonds. The Labute approximate surface area is 173 Å². The van der Waals surface area contributed by atoms with Gasteiger partial charge in [-0.05, 0) is 44.6 Å². The standard InChI is InChI=1S/C21H33N5O3/c1-16(2)15-26-20(28)25(11-5-6-14-29-4)18(27)21(26)8-12-24(13-9-21)19-22-10-7-17(3)23-19/h7,10,16H,5-6,8-9,11-15H2,1-4H3. The average molecular weight is 404 g/mol. The molecule has 29 heavy (non-hydrogen) atoms. The number of carbonyl (C=O) groups is 2. The van der Waals surface area contributed by atoms with Crippen LogP contribution in [0.4, 0.5) is 10.7 Å². The van der Waals surface area contributed by atoms with Crippen molar-refractivity contribution in [3.63, 3.8) is 0 Å². The number of imide groups is 1. The number of amides is 3. The second-order valence-corrected chi connectivity index (χ2v) is 8.46. The molecule has 8 nitrogen and oxygen atoms in total. The van der Waals surface area contributed by atoms with E-state index in [4.69, 9.17) is 4.74 Å². The molecule has 0 unspecified atom stereocenters. The van der Waals surface area contributed by atoms with E-state index < -0.39 is 5.54 Å². The van der Waals surface area contributed by atoms with Crippen molar-refractivity contribution in [2.24, 2.45) is 5.92 Å². The second kappa shape index (κ2) is 9.07. The van der Waals surface area contributed by atoms with Gasteiger partial charge in [0.15, 0.2) is 0 Å². The average Bonchev–Trinajstić information content (AvgIpc) is 2.87. The highest BCUT2D eigenvalue weighted by atomic mass is 16.5. The van der Waals surface area contributed by atoms with Gasteiger partial charge >= 0.3 is 6.03 Å². The highest BCUT2D eigenvalue weighted by Gasteiger charge is 2.57. The molecule has 2 saturated heterocycles. The van der Waals surface area contributed by atoms with E-state index in [1.54, 1.807) is 13.3 Å². The van der Waals surface area contributed by atoms with Crippen LogP contribution in [0.15, 0.2) is 12.3 Å². The maximum absolute atomic E-state index is 13.4. The predicted octanol–water partition coefficient (Wildman–Crippen LogP) is 2.47. The van der Waals surface area contributed by atoms with E-state index in [0.717, 1.165) is 18.5 Å². The molecule has 0 saturated carbocycles. The normalized spacial score (nSPS) is 19.1. The molecule has 0 bridgehead atoms. The summed E-state index contributed by atoms with van der Waals surface area (Å²) < 4.78 is 5.09. The number of hydrogen-bond acceptors (Lipinski definition) is 6. The number of ether oxygens (including phenoxy) is 1. The molecule has 0 radical (unpaired) electrons. The lowest BCUT2D eigenvalue weighted by Crippen LogP contribution is -2.57. The molecular weight excluding hydrogens is 370 g/mol. The molecule has 2 aliphatic rings. The van der Waals surface area contributed by atoms with Gasteiger partial charge in [-0.25, -0.2) is 14.8 Å². The molecule has 2 fully saturated rings. The van der Waals surface area contributed by atoms with Gasteiger partial charge in [0.1, 0.15) is 5.54 Å². The topological polar surface area (TPSA) is 78.9 Å². The van der Waals surface area contributed by atoms with Crippen LogP contribution in [0.3, 0.4) is 0 Å². The van der Waals surface area contributed by atoms with Crippen LogP contribution < -0.4 is 4.90 Å². The van der Waals surface area contributed by atoms with Gasteiger partial charge in [-0.1, -0.05) is 13.8 Å². The fourth-order valence-corrected chi connectivity index (χ4v) is 4.26. The first-order chi connectivity index (χ1) is 13.9. The highest BCUT2D eigenvalue weighted by Crippen LogP contribution is 2.38. The maximum Gasteiger partial charge on any atom is 0.327 e. The van der Waals surface area contributed by atoms with Crippen molar-refractivity contribution in [1.29, 1.82) is 0 Å². The number of rotatable bonds is 8. The van der Waals surface area contributed by atoms with E-state index in [1.165, 1.54) is 4.90 Å². The van der Waals surface area contributed by atoms with E-state index in [2.05, 4.69) is 28.7 Å². The summed E-state index contributed by atoms with van der Waals surface area (Å²) in [5, 5.41) is 0. The zero-order valence-corrected chi connectivity index (χ0v) is 18.1. The summed E-state index contributed by atoms with van der Waals surface area (Å²) in [4.78, 5) is 40.9. The number of anilines is 1. The van der Waals surface area contributed by atoms with Crippen LogP contribution in [0.5, 0.6) is 0 Å². The predicted molar refractivity (Wildman–Crippen MR) is 111 cm³/mol. The van der Waals surface area contributed by atoms with Crippen LogP contribution in [0.2, 0.25) is 0 Å². The van der Waals surface area contributed by atoms with Crippen molar-refractivity contribution < 1.29 is 14.3 Å². The number of aryl methyl sites for hydroxylation is 1. The van der Waals surface area contributed by atoms with E-state index in [9.17, 15) is 9.59 Å². The summed E-state index contributed by atoms with van der Waals surface area (Å²) in [5.74, 6) is 0.962. The van der Waals surface area contributed by atoms with Gasteiger partial charge in [0.05, 0.1) is 0 Å². The first-order valence-electron chi connectivity index (χ1n) is 10.6. The van der Waals surface area contributed by atoms with Gasteiger partial charge in [0.25, 0.3) is 5.91 Å². The van der Waals surface area contributed by atoms with Crippen molar-refractivity contribution in [3.8, 4) is 0 Å². The molecule has 0 aromatic carbocycles. The molecule has 0 aliphatic carbocycles. The minimum Gasteiger partial charge on any atom is -0.385 e. The monoisotopic (exact) mass is 403 g/mol. The molecule has 3 heterocycles. The van der Waals surface area contributed by atoms with Crippen LogP contribution in [0, 0.1) is 12.8 Å². The Balaban J connectivity index is 1.76. The van der Waals surface area contributed by atoms with Crippen LogP contribution in [0.25, 0.3) is 0 Å². The van der Waals surface area contributed by atoms with Crippen LogP contribution in [-0.4, -0.2) is 77.1 Å². The van der Waals surface area contributed by atoms with E-state index in [0.29, 0.717) is 57.5 Å². The third-order valence-electron chi connectivity index (χ3n) is 5.81. The fourth-order valence-electron chi connectivity index (χ4n) is 4.26. The Bertz CT molecular complexity index is 731. The summed E-state index contributed by atoms with van der Waals surface area (Å²) in [5.41, 5.74) is 0.189. The number of urea groups is 1. The minimum absolute atomic E-state index is 0.0367. The van der Waals surface area contributed by atoms with Crippen molar-refractivity contribution in [1.82, 2.24) is 19.8 Å². The number of unbranched alkanes of at least 4 members (excludes halogenated alkanes) is 1. The van der Waals surface area contributed by atoms with Crippen LogP contribution >= 0.6 is 0 Å². The first-order valence-corrected chi connectivity index (χ1v) is 10.6. The van der Waals surface area contributed by atoms with Gasteiger partial charge in [0, 0.05) is 51.8 Å². The SMILES string of the molecule is COCCCCN1C(=O)N(CC(C)C)C2(CCN(c3nccc(C)n3)CC2)C1=O. The molecule has 0 atom stereocenters. The van der Waals surface area contributed by atoms with Gasteiger partial charge < -0.3 is 14.5 Å². The summed E-state index contributed by atoms with van der Waals surface area (Å²) in [6.45, 7) is 9.14. The molecule has 1 aromatic heterocycles. The largest absolute Gasteiger partial charge is 0.385 e. The number of hydrogen-bond donors (Lipinski definition) is 0. The second-order valence-electron chi connectivity index (χ2n) is 8.46. The molecule has 1 spiro atoms. The van der Waals surface area contributed by atoms with E-state index in [1.807, 2.05) is 17.9 Å².